The fourth-order valence-electron chi connectivity index (χ4n) is 9.15. The molecule has 1 atom stereocenters. The van der Waals surface area contributed by atoms with Crippen LogP contribution in [-0.2, 0) is 14.4 Å². The van der Waals surface area contributed by atoms with Crippen molar-refractivity contribution in [3.63, 3.8) is 0 Å². The molecule has 8 rings (SSSR count). The highest BCUT2D eigenvalue weighted by Crippen LogP contribution is 2.41. The number of piperidine rings is 1. The molecule has 1 aromatic heterocycles. The molecule has 5 amide bonds. The number of nitrogens with zero attached hydrogens (tertiary/aromatic N) is 4. The number of rotatable bonds is 16. The smallest absolute Gasteiger partial charge is 0.266 e. The molecule has 0 spiro atoms. The number of piperazine rings is 1. The van der Waals surface area contributed by atoms with Crippen molar-refractivity contribution in [3.05, 3.63) is 87.6 Å². The summed E-state index contributed by atoms with van der Waals surface area (Å²) in [6, 6.07) is 14.6. The average Bonchev–Trinajstić information content (AvgIpc) is 3.55. The van der Waals surface area contributed by atoms with Crippen LogP contribution in [0.1, 0.15) is 96.9 Å². The molecule has 0 aliphatic carbocycles. The summed E-state index contributed by atoms with van der Waals surface area (Å²) in [4.78, 5) is 84.2. The number of ether oxygens (including phenoxy) is 2. The van der Waals surface area contributed by atoms with Gasteiger partial charge in [-0.2, -0.15) is 0 Å². The second-order valence-corrected chi connectivity index (χ2v) is 17.0. The van der Waals surface area contributed by atoms with Crippen molar-refractivity contribution in [2.24, 2.45) is 0 Å². The van der Waals surface area contributed by atoms with E-state index in [4.69, 9.17) is 13.9 Å². The quantitative estimate of drug-likeness (QED) is 0.0972. The van der Waals surface area contributed by atoms with Crippen LogP contribution in [0.4, 0.5) is 5.69 Å². The summed E-state index contributed by atoms with van der Waals surface area (Å²) >= 11 is 0. The zero-order chi connectivity index (χ0) is 44.9. The lowest BCUT2D eigenvalue weighted by molar-refractivity contribution is -0.136. The van der Waals surface area contributed by atoms with Crippen molar-refractivity contribution in [2.75, 3.05) is 64.9 Å². The van der Waals surface area contributed by atoms with Crippen molar-refractivity contribution in [2.45, 2.75) is 76.7 Å². The molecule has 64 heavy (non-hydrogen) atoms. The number of hydrogen-bond donors (Lipinski definition) is 2. The molecule has 2 N–H and O–H groups in total. The van der Waals surface area contributed by atoms with Crippen molar-refractivity contribution in [3.8, 4) is 28.6 Å². The first-order valence-corrected chi connectivity index (χ1v) is 22.4. The van der Waals surface area contributed by atoms with Gasteiger partial charge in [-0.25, -0.2) is 0 Å². The number of aromatic hydroxyl groups is 1. The third-order valence-electron chi connectivity index (χ3n) is 12.8. The van der Waals surface area contributed by atoms with Gasteiger partial charge in [-0.05, 0) is 74.7 Å². The summed E-state index contributed by atoms with van der Waals surface area (Å²) < 4.78 is 18.0. The molecule has 3 aromatic carbocycles. The predicted molar refractivity (Wildman–Crippen MR) is 241 cm³/mol. The van der Waals surface area contributed by atoms with Gasteiger partial charge in [0.25, 0.3) is 11.8 Å². The normalized spacial score (nSPS) is 18.1. The largest absolute Gasteiger partial charge is 0.507 e. The number of amides is 5. The highest BCUT2D eigenvalue weighted by Gasteiger charge is 2.46. The third-order valence-corrected chi connectivity index (χ3v) is 12.8. The molecule has 336 valence electrons. The Kier molecular flexibility index (Phi) is 13.4. The Bertz CT molecular complexity index is 2540. The number of methoxy groups -OCH3 is 1. The first kappa shape index (κ1) is 44.1. The van der Waals surface area contributed by atoms with Crippen LogP contribution < -0.4 is 25.1 Å². The number of benzene rings is 3. The molecular weight excluding hydrogens is 819 g/mol. The van der Waals surface area contributed by atoms with Gasteiger partial charge in [0.05, 0.1) is 30.4 Å². The summed E-state index contributed by atoms with van der Waals surface area (Å²) in [6.45, 7) is 4.73. The maximum absolute atomic E-state index is 13.4. The Morgan fingerprint density at radius 1 is 0.828 bits per heavy atom. The van der Waals surface area contributed by atoms with Crippen LogP contribution in [0.25, 0.3) is 27.9 Å². The van der Waals surface area contributed by atoms with E-state index in [-0.39, 0.29) is 46.4 Å². The monoisotopic (exact) mass is 873 g/mol. The zero-order valence-corrected chi connectivity index (χ0v) is 36.5. The summed E-state index contributed by atoms with van der Waals surface area (Å²) in [6.07, 6.45) is 10.2. The van der Waals surface area contributed by atoms with Crippen molar-refractivity contribution in [1.82, 2.24) is 20.0 Å². The molecule has 5 heterocycles. The highest BCUT2D eigenvalue weighted by molar-refractivity contribution is 6.24. The van der Waals surface area contributed by atoms with Gasteiger partial charge < -0.3 is 33.7 Å². The number of likely N-dealkylation sites (N-methyl/N-ethyl adjacent to an activating group) is 1. The lowest BCUT2D eigenvalue weighted by Gasteiger charge is -2.36. The summed E-state index contributed by atoms with van der Waals surface area (Å²) in [5.74, 6) is -0.997. The van der Waals surface area contributed by atoms with E-state index in [1.54, 1.807) is 25.3 Å². The van der Waals surface area contributed by atoms with Crippen LogP contribution in [0.2, 0.25) is 0 Å². The number of anilines is 1. The number of carbonyl (C=O) groups excluding carboxylic acids is 5. The number of fused-ring (bicyclic) bond motifs is 2. The zero-order valence-electron chi connectivity index (χ0n) is 36.5. The minimum Gasteiger partial charge on any atom is -0.507 e. The van der Waals surface area contributed by atoms with E-state index in [9.17, 15) is 33.9 Å². The minimum absolute atomic E-state index is 0.0628. The molecule has 15 heteroatoms. The molecule has 15 nitrogen and oxygen atoms in total. The summed E-state index contributed by atoms with van der Waals surface area (Å²) in [5, 5.41) is 13.1. The molecule has 0 radical (unpaired) electrons. The molecule has 4 aliphatic rings. The molecule has 4 aliphatic heterocycles. The Balaban J connectivity index is 0.742. The van der Waals surface area contributed by atoms with Crippen molar-refractivity contribution in [1.29, 1.82) is 0 Å². The van der Waals surface area contributed by atoms with E-state index in [0.29, 0.717) is 67.6 Å². The number of nitrogens with one attached hydrogen (secondary N) is 1. The first-order valence-electron chi connectivity index (χ1n) is 22.4. The Hall–Kier alpha value is -6.48. The molecule has 4 aromatic rings. The van der Waals surface area contributed by atoms with E-state index in [2.05, 4.69) is 28.2 Å². The lowest BCUT2D eigenvalue weighted by atomic mass is 9.95. The lowest BCUT2D eigenvalue weighted by Crippen LogP contribution is -2.54. The van der Waals surface area contributed by atoms with E-state index in [1.165, 1.54) is 12.1 Å². The molecule has 0 saturated carbocycles. The third kappa shape index (κ3) is 9.26. The fourth-order valence-corrected chi connectivity index (χ4v) is 9.15. The molecule has 2 saturated heterocycles. The van der Waals surface area contributed by atoms with Crippen LogP contribution in [0.3, 0.4) is 0 Å². The van der Waals surface area contributed by atoms with E-state index in [0.717, 1.165) is 86.2 Å². The van der Waals surface area contributed by atoms with Gasteiger partial charge in [0.15, 0.2) is 11.0 Å². The van der Waals surface area contributed by atoms with Gasteiger partial charge >= 0.3 is 0 Å². The van der Waals surface area contributed by atoms with E-state index >= 15 is 0 Å². The van der Waals surface area contributed by atoms with Crippen LogP contribution in [-0.4, -0.2) is 115 Å². The van der Waals surface area contributed by atoms with Gasteiger partial charge in [-0.3, -0.25) is 39.0 Å². The van der Waals surface area contributed by atoms with Gasteiger partial charge in [-0.1, -0.05) is 44.2 Å². The number of hydrogen-bond acceptors (Lipinski definition) is 12. The van der Waals surface area contributed by atoms with Crippen molar-refractivity contribution >= 4 is 51.8 Å². The Labute approximate surface area is 371 Å². The van der Waals surface area contributed by atoms with Gasteiger partial charge in [0.1, 0.15) is 34.4 Å². The van der Waals surface area contributed by atoms with Crippen molar-refractivity contribution < 1.29 is 43.0 Å². The number of phenols is 1. The van der Waals surface area contributed by atoms with Gasteiger partial charge in [-0.15, -0.1) is 0 Å². The van der Waals surface area contributed by atoms with Crippen LogP contribution in [0, 0.1) is 0 Å². The van der Waals surface area contributed by atoms with E-state index in [1.807, 2.05) is 29.2 Å². The molecule has 1 unspecified atom stereocenters. The minimum atomic E-state index is -1.02. The predicted octanol–water partition coefficient (Wildman–Crippen LogP) is 6.14. The van der Waals surface area contributed by atoms with Crippen LogP contribution in [0.15, 0.2) is 69.9 Å². The van der Waals surface area contributed by atoms with Gasteiger partial charge in [0, 0.05) is 75.5 Å². The second-order valence-electron chi connectivity index (χ2n) is 17.0. The summed E-state index contributed by atoms with van der Waals surface area (Å²) in [7, 11) is 3.60. The van der Waals surface area contributed by atoms with Crippen LogP contribution in [0.5, 0.6) is 17.2 Å². The molecular formula is C49H55N5O10. The first-order chi connectivity index (χ1) is 31.0. The maximum atomic E-state index is 13.4. The summed E-state index contributed by atoms with van der Waals surface area (Å²) in [5.41, 5.74) is 3.83. The topological polar surface area (TPSA) is 179 Å². The maximum Gasteiger partial charge on any atom is 0.266 e. The standard InChI is InChI=1S/C49H55N5O10/c1-51-22-20-32(21-23-51)43-40(62-2)30-37(56)45-36(55)29-39(64-46(43)45)31-14-16-33(17-15-31)52-24-26-53(27-25-52)42(58)13-8-6-4-3-5-7-9-28-63-38-12-10-11-34-44(38)49(61)54(48(34)60)35-18-19-41(57)50-47(35)59/h10-12,14-17,20,29-30,35,56H,3-9,13,18-19,21-28H2,1-2H3,(H,50,57,59). The molecule has 2 fully saturated rings. The number of phenolic OH excluding ortho intramolecular Hbond substituents is 1. The SMILES string of the molecule is COc1cc(O)c2c(=O)cc(-c3ccc(N4CCN(C(=O)CCCCCCCCCOc5cccc6c5C(=O)N(C5CCC(=O)NC5=O)C6=O)CC4)cc3)oc2c1C1=CCN(C)CC1. The van der Waals surface area contributed by atoms with E-state index < -0.39 is 29.7 Å². The van der Waals surface area contributed by atoms with Crippen LogP contribution >= 0.6 is 0 Å². The number of carbonyl (C=O) groups is 5. The highest BCUT2D eigenvalue weighted by atomic mass is 16.5. The Morgan fingerprint density at radius 2 is 1.56 bits per heavy atom. The average molecular weight is 874 g/mol. The Morgan fingerprint density at radius 3 is 2.27 bits per heavy atom. The number of unbranched alkanes of at least 4 members (excludes halogenated alkanes) is 6. The second kappa shape index (κ2) is 19.5. The number of imide groups is 2. The fraction of sp³-hybridized carbons (Fsp3) is 0.429. The van der Waals surface area contributed by atoms with Gasteiger partial charge in [0.2, 0.25) is 17.7 Å². The molecule has 0 bridgehead atoms.